The van der Waals surface area contributed by atoms with Gasteiger partial charge in [0.25, 0.3) is 5.91 Å². The van der Waals surface area contributed by atoms with Crippen LogP contribution in [0.1, 0.15) is 46.6 Å². The van der Waals surface area contributed by atoms with E-state index in [0.29, 0.717) is 11.8 Å². The molecule has 186 valence electrons. The highest BCUT2D eigenvalue weighted by Crippen LogP contribution is 2.47. The number of alkyl halides is 3. The molecule has 2 aromatic carbocycles. The first kappa shape index (κ1) is 25.3. The minimum atomic E-state index is -4.78. The Hall–Kier alpha value is -2.76. The van der Waals surface area contributed by atoms with Crippen LogP contribution in [0.4, 0.5) is 27.6 Å². The number of rotatable bonds is 7. The first-order valence-electron chi connectivity index (χ1n) is 10.4. The van der Waals surface area contributed by atoms with Crippen molar-refractivity contribution in [3.8, 4) is 16.3 Å². The number of carbonyl (C=O) groups is 1. The minimum Gasteiger partial charge on any atom is -0.480 e. The van der Waals surface area contributed by atoms with Crippen LogP contribution in [0.2, 0.25) is 5.02 Å². The number of para-hydroxylation sites is 1. The van der Waals surface area contributed by atoms with E-state index >= 15 is 4.39 Å². The standard InChI is InChI=1S/C23H18ClF5N2O3S/c1-10(23(27,28)29)34-18-8-12(22-30-17(9-32)20(35-22)11-5-6-11)16(26)7-13(18)21(33)31-19-14(24)3-2-4-15(19)25/h2-4,7-8,10-11,32H,5-6,9H2,1H3,(H,31,33). The number of aliphatic hydroxyl groups excluding tert-OH is 1. The van der Waals surface area contributed by atoms with Crippen LogP contribution in [-0.4, -0.2) is 28.3 Å². The fourth-order valence-corrected chi connectivity index (χ4v) is 4.78. The van der Waals surface area contributed by atoms with Gasteiger partial charge in [-0.05, 0) is 49.9 Å². The zero-order valence-electron chi connectivity index (χ0n) is 18.0. The predicted molar refractivity (Wildman–Crippen MR) is 121 cm³/mol. The van der Waals surface area contributed by atoms with E-state index in [4.69, 9.17) is 16.3 Å². The number of aromatic nitrogens is 1. The van der Waals surface area contributed by atoms with Crippen LogP contribution >= 0.6 is 22.9 Å². The summed E-state index contributed by atoms with van der Waals surface area (Å²) < 4.78 is 73.9. The van der Waals surface area contributed by atoms with Gasteiger partial charge in [0.2, 0.25) is 0 Å². The number of halogens is 6. The summed E-state index contributed by atoms with van der Waals surface area (Å²) in [6.45, 7) is 0.360. The van der Waals surface area contributed by atoms with Gasteiger partial charge < -0.3 is 15.2 Å². The molecule has 0 radical (unpaired) electrons. The third kappa shape index (κ3) is 5.41. The minimum absolute atomic E-state index is 0.127. The Morgan fingerprint density at radius 1 is 1.29 bits per heavy atom. The molecule has 1 heterocycles. The number of hydrogen-bond acceptors (Lipinski definition) is 5. The summed E-state index contributed by atoms with van der Waals surface area (Å²) in [6.07, 6.45) is -5.32. The number of benzene rings is 2. The van der Waals surface area contributed by atoms with E-state index in [-0.39, 0.29) is 28.1 Å². The molecule has 1 unspecified atom stereocenters. The van der Waals surface area contributed by atoms with Crippen molar-refractivity contribution in [2.24, 2.45) is 0 Å². The largest absolute Gasteiger partial charge is 0.480 e. The molecule has 5 nitrogen and oxygen atoms in total. The van der Waals surface area contributed by atoms with Gasteiger partial charge in [-0.15, -0.1) is 11.3 Å². The summed E-state index contributed by atoms with van der Waals surface area (Å²) >= 11 is 7.03. The van der Waals surface area contributed by atoms with E-state index in [1.165, 1.54) is 12.1 Å². The van der Waals surface area contributed by atoms with Crippen LogP contribution in [0.5, 0.6) is 5.75 Å². The monoisotopic (exact) mass is 532 g/mol. The van der Waals surface area contributed by atoms with Crippen molar-refractivity contribution in [2.45, 2.75) is 44.6 Å². The molecule has 0 aliphatic heterocycles. The van der Waals surface area contributed by atoms with Gasteiger partial charge in [-0.3, -0.25) is 4.79 Å². The van der Waals surface area contributed by atoms with Crippen LogP contribution < -0.4 is 10.1 Å². The lowest BCUT2D eigenvalue weighted by Gasteiger charge is -2.20. The van der Waals surface area contributed by atoms with E-state index in [1.54, 1.807) is 0 Å². The second kappa shape index (κ2) is 9.71. The van der Waals surface area contributed by atoms with Crippen molar-refractivity contribution >= 4 is 34.5 Å². The topological polar surface area (TPSA) is 71.5 Å². The van der Waals surface area contributed by atoms with E-state index in [9.17, 15) is 27.5 Å². The number of nitrogens with zero attached hydrogens (tertiary/aromatic N) is 1. The summed E-state index contributed by atoms with van der Waals surface area (Å²) in [5.74, 6) is -3.35. The van der Waals surface area contributed by atoms with Gasteiger partial charge in [-0.1, -0.05) is 17.7 Å². The lowest BCUT2D eigenvalue weighted by Crippen LogP contribution is -2.32. The van der Waals surface area contributed by atoms with Crippen molar-refractivity contribution in [1.29, 1.82) is 0 Å². The molecule has 1 atom stereocenters. The molecule has 0 saturated heterocycles. The van der Waals surface area contributed by atoms with Crippen LogP contribution in [-0.2, 0) is 6.61 Å². The fourth-order valence-electron chi connectivity index (χ4n) is 3.30. The molecule has 1 aromatic heterocycles. The SMILES string of the molecule is CC(Oc1cc(-c2nc(CO)c(C3CC3)s2)c(F)cc1C(=O)Nc1c(F)cccc1Cl)C(F)(F)F. The zero-order chi connectivity index (χ0) is 25.5. The summed E-state index contributed by atoms with van der Waals surface area (Å²) in [5.41, 5.74) is -0.835. The normalized spacial score (nSPS) is 14.6. The molecule has 2 N–H and O–H groups in total. The van der Waals surface area contributed by atoms with Crippen molar-refractivity contribution in [2.75, 3.05) is 5.32 Å². The zero-order valence-corrected chi connectivity index (χ0v) is 19.6. The van der Waals surface area contributed by atoms with Crippen molar-refractivity contribution in [3.63, 3.8) is 0 Å². The smallest absolute Gasteiger partial charge is 0.425 e. The van der Waals surface area contributed by atoms with Gasteiger partial charge in [0.1, 0.15) is 22.4 Å². The van der Waals surface area contributed by atoms with Crippen molar-refractivity contribution in [1.82, 2.24) is 4.98 Å². The maximum Gasteiger partial charge on any atom is 0.425 e. The molecular formula is C23H18ClF5N2O3S. The Morgan fingerprint density at radius 2 is 2.00 bits per heavy atom. The molecule has 4 rings (SSSR count). The Morgan fingerprint density at radius 3 is 2.60 bits per heavy atom. The van der Waals surface area contributed by atoms with Gasteiger partial charge in [-0.25, -0.2) is 13.8 Å². The lowest BCUT2D eigenvalue weighted by atomic mass is 10.1. The number of amides is 1. The predicted octanol–water partition coefficient (Wildman–Crippen LogP) is 6.69. The number of nitrogens with one attached hydrogen (secondary N) is 1. The highest BCUT2D eigenvalue weighted by atomic mass is 35.5. The quantitative estimate of drug-likeness (QED) is 0.332. The third-order valence-corrected chi connectivity index (χ3v) is 6.94. The summed E-state index contributed by atoms with van der Waals surface area (Å²) in [5, 5.41) is 11.7. The molecule has 12 heteroatoms. The van der Waals surface area contributed by atoms with Gasteiger partial charge in [0, 0.05) is 10.4 Å². The number of thiazole rings is 1. The maximum absolute atomic E-state index is 15.2. The molecule has 1 fully saturated rings. The molecule has 1 saturated carbocycles. The van der Waals surface area contributed by atoms with Crippen LogP contribution in [0.15, 0.2) is 30.3 Å². The second-order valence-corrected chi connectivity index (χ2v) is 9.38. The van der Waals surface area contributed by atoms with Crippen LogP contribution in [0, 0.1) is 11.6 Å². The molecule has 1 amide bonds. The summed E-state index contributed by atoms with van der Waals surface area (Å²) in [6, 6.07) is 5.27. The molecule has 35 heavy (non-hydrogen) atoms. The van der Waals surface area contributed by atoms with E-state index in [2.05, 4.69) is 10.3 Å². The van der Waals surface area contributed by atoms with E-state index in [0.717, 1.165) is 48.1 Å². The van der Waals surface area contributed by atoms with E-state index in [1.807, 2.05) is 0 Å². The summed E-state index contributed by atoms with van der Waals surface area (Å²) in [7, 11) is 0. The Kier molecular flexibility index (Phi) is 7.03. The Labute approximate surface area is 205 Å². The maximum atomic E-state index is 15.2. The molecule has 0 spiro atoms. The summed E-state index contributed by atoms with van der Waals surface area (Å²) in [4.78, 5) is 17.9. The number of hydrogen-bond donors (Lipinski definition) is 2. The first-order valence-corrected chi connectivity index (χ1v) is 11.6. The molecular weight excluding hydrogens is 515 g/mol. The van der Waals surface area contributed by atoms with Crippen molar-refractivity contribution in [3.05, 3.63) is 63.1 Å². The van der Waals surface area contributed by atoms with Gasteiger partial charge in [0.15, 0.2) is 6.10 Å². The first-order chi connectivity index (χ1) is 16.5. The third-order valence-electron chi connectivity index (χ3n) is 5.34. The fraction of sp³-hybridized carbons (Fsp3) is 0.304. The van der Waals surface area contributed by atoms with Gasteiger partial charge in [0.05, 0.1) is 28.6 Å². The average molecular weight is 533 g/mol. The Bertz CT molecular complexity index is 1260. The van der Waals surface area contributed by atoms with E-state index < -0.39 is 46.8 Å². The molecule has 3 aromatic rings. The van der Waals surface area contributed by atoms with Gasteiger partial charge >= 0.3 is 6.18 Å². The number of carbonyl (C=O) groups excluding carboxylic acids is 1. The molecule has 0 bridgehead atoms. The lowest BCUT2D eigenvalue weighted by molar-refractivity contribution is -0.189. The van der Waals surface area contributed by atoms with Crippen LogP contribution in [0.3, 0.4) is 0 Å². The van der Waals surface area contributed by atoms with Crippen molar-refractivity contribution < 1.29 is 36.6 Å². The average Bonchev–Trinajstić information content (AvgIpc) is 3.55. The highest BCUT2D eigenvalue weighted by molar-refractivity contribution is 7.15. The molecule has 1 aliphatic carbocycles. The highest BCUT2D eigenvalue weighted by Gasteiger charge is 2.39. The molecule has 1 aliphatic rings. The van der Waals surface area contributed by atoms with Gasteiger partial charge in [-0.2, -0.15) is 13.2 Å². The van der Waals surface area contributed by atoms with Crippen LogP contribution in [0.25, 0.3) is 10.6 Å². The number of anilines is 1. The number of ether oxygens (including phenoxy) is 1. The Balaban J connectivity index is 1.77. The number of aliphatic hydroxyl groups is 1. The second-order valence-electron chi connectivity index (χ2n) is 7.94.